The third kappa shape index (κ3) is 3.21. The van der Waals surface area contributed by atoms with Gasteiger partial charge in [-0.2, -0.15) is 0 Å². The number of hydrogen-bond acceptors (Lipinski definition) is 1. The van der Waals surface area contributed by atoms with E-state index in [4.69, 9.17) is 5.73 Å². The summed E-state index contributed by atoms with van der Waals surface area (Å²) < 4.78 is 0. The summed E-state index contributed by atoms with van der Waals surface area (Å²) in [6.07, 6.45) is 1.99. The number of nitrogens with two attached hydrogens (primary N) is 1. The maximum absolute atomic E-state index is 6.17. The van der Waals surface area contributed by atoms with Crippen molar-refractivity contribution in [1.82, 2.24) is 0 Å². The van der Waals surface area contributed by atoms with Crippen LogP contribution in [0, 0.1) is 13.8 Å². The number of aryl methyl sites for hydroxylation is 1. The van der Waals surface area contributed by atoms with Gasteiger partial charge in [0.15, 0.2) is 0 Å². The first-order chi connectivity index (χ1) is 7.02. The molecule has 0 heterocycles. The van der Waals surface area contributed by atoms with Gasteiger partial charge in [-0.1, -0.05) is 23.8 Å². The van der Waals surface area contributed by atoms with Crippen LogP contribution in [0.3, 0.4) is 0 Å². The van der Waals surface area contributed by atoms with Crippen molar-refractivity contribution in [1.29, 1.82) is 0 Å². The first kappa shape index (κ1) is 12.0. The van der Waals surface area contributed by atoms with Crippen molar-refractivity contribution >= 4 is 0 Å². The van der Waals surface area contributed by atoms with Gasteiger partial charge in [-0.3, -0.25) is 0 Å². The van der Waals surface area contributed by atoms with Crippen LogP contribution in [0.25, 0.3) is 0 Å². The van der Waals surface area contributed by atoms with E-state index in [9.17, 15) is 0 Å². The Morgan fingerprint density at radius 2 is 2.07 bits per heavy atom. The van der Waals surface area contributed by atoms with E-state index >= 15 is 0 Å². The fraction of sp³-hybridized carbons (Fsp3) is 0.429. The van der Waals surface area contributed by atoms with Gasteiger partial charge in [0.05, 0.1) is 0 Å². The van der Waals surface area contributed by atoms with Gasteiger partial charge in [-0.05, 0) is 50.3 Å². The van der Waals surface area contributed by atoms with Crippen molar-refractivity contribution in [3.05, 3.63) is 47.0 Å². The molecule has 15 heavy (non-hydrogen) atoms. The Labute approximate surface area is 93.0 Å². The second-order valence-corrected chi connectivity index (χ2v) is 4.39. The second-order valence-electron chi connectivity index (χ2n) is 4.39. The predicted octanol–water partition coefficient (Wildman–Crippen LogP) is 3.66. The SMILES string of the molecule is C=C(C)CCC(N)c1cccc(C)c1C. The Hall–Kier alpha value is -1.08. The van der Waals surface area contributed by atoms with Crippen LogP contribution in [0.4, 0.5) is 0 Å². The summed E-state index contributed by atoms with van der Waals surface area (Å²) in [5.74, 6) is 0. The molecular weight excluding hydrogens is 182 g/mol. The Kier molecular flexibility index (Phi) is 4.10. The average Bonchev–Trinajstić information content (AvgIpc) is 2.18. The molecule has 0 saturated carbocycles. The van der Waals surface area contributed by atoms with E-state index in [0.717, 1.165) is 12.8 Å². The normalized spacial score (nSPS) is 12.5. The quantitative estimate of drug-likeness (QED) is 0.742. The molecule has 0 fully saturated rings. The highest BCUT2D eigenvalue weighted by Crippen LogP contribution is 2.23. The second kappa shape index (κ2) is 5.13. The summed E-state index contributed by atoms with van der Waals surface area (Å²) in [7, 11) is 0. The van der Waals surface area contributed by atoms with Crippen LogP contribution in [0.1, 0.15) is 42.5 Å². The van der Waals surface area contributed by atoms with Crippen molar-refractivity contribution in [2.75, 3.05) is 0 Å². The molecule has 0 spiro atoms. The first-order valence-electron chi connectivity index (χ1n) is 5.48. The third-order valence-electron chi connectivity index (χ3n) is 2.93. The molecule has 1 rings (SSSR count). The Morgan fingerprint density at radius 1 is 1.40 bits per heavy atom. The fourth-order valence-electron chi connectivity index (χ4n) is 1.73. The van der Waals surface area contributed by atoms with Crippen LogP contribution in [0.2, 0.25) is 0 Å². The first-order valence-corrected chi connectivity index (χ1v) is 5.48. The van der Waals surface area contributed by atoms with Crippen molar-refractivity contribution in [2.24, 2.45) is 5.73 Å². The minimum atomic E-state index is 0.140. The molecule has 1 unspecified atom stereocenters. The van der Waals surface area contributed by atoms with Crippen LogP contribution >= 0.6 is 0 Å². The van der Waals surface area contributed by atoms with Gasteiger partial charge in [-0.25, -0.2) is 0 Å². The summed E-state index contributed by atoms with van der Waals surface area (Å²) in [5, 5.41) is 0. The smallest absolute Gasteiger partial charge is 0.0300 e. The zero-order valence-electron chi connectivity index (χ0n) is 10.0. The van der Waals surface area contributed by atoms with Gasteiger partial charge in [0.1, 0.15) is 0 Å². The van der Waals surface area contributed by atoms with Gasteiger partial charge in [-0.15, -0.1) is 6.58 Å². The predicted molar refractivity (Wildman–Crippen MR) is 66.9 cm³/mol. The molecule has 1 atom stereocenters. The molecule has 2 N–H and O–H groups in total. The molecule has 82 valence electrons. The highest BCUT2D eigenvalue weighted by Gasteiger charge is 2.09. The molecule has 0 aromatic heterocycles. The topological polar surface area (TPSA) is 26.0 Å². The molecule has 0 aliphatic heterocycles. The molecule has 0 aliphatic carbocycles. The summed E-state index contributed by atoms with van der Waals surface area (Å²) >= 11 is 0. The molecule has 1 heteroatoms. The third-order valence-corrected chi connectivity index (χ3v) is 2.93. The largest absolute Gasteiger partial charge is 0.324 e. The van der Waals surface area contributed by atoms with E-state index in [2.05, 4.69) is 45.5 Å². The zero-order chi connectivity index (χ0) is 11.4. The van der Waals surface area contributed by atoms with Gasteiger partial charge in [0.2, 0.25) is 0 Å². The van der Waals surface area contributed by atoms with Crippen molar-refractivity contribution in [3.8, 4) is 0 Å². The van der Waals surface area contributed by atoms with Gasteiger partial charge >= 0.3 is 0 Å². The lowest BCUT2D eigenvalue weighted by molar-refractivity contribution is 0.645. The summed E-state index contributed by atoms with van der Waals surface area (Å²) in [4.78, 5) is 0. The average molecular weight is 203 g/mol. The van der Waals surface area contributed by atoms with E-state index in [1.165, 1.54) is 22.3 Å². The number of hydrogen-bond donors (Lipinski definition) is 1. The summed E-state index contributed by atoms with van der Waals surface area (Å²) in [5.41, 5.74) is 11.3. The van der Waals surface area contributed by atoms with Crippen LogP contribution in [-0.4, -0.2) is 0 Å². The standard InChI is InChI=1S/C14H21N/c1-10(2)8-9-14(15)13-7-5-6-11(3)12(13)4/h5-7,14H,1,8-9,15H2,2-4H3. The van der Waals surface area contributed by atoms with Gasteiger partial charge < -0.3 is 5.73 Å². The van der Waals surface area contributed by atoms with E-state index < -0.39 is 0 Å². The minimum absolute atomic E-state index is 0.140. The maximum atomic E-state index is 6.17. The van der Waals surface area contributed by atoms with Gasteiger partial charge in [0, 0.05) is 6.04 Å². The van der Waals surface area contributed by atoms with Crippen molar-refractivity contribution in [2.45, 2.75) is 39.7 Å². The lowest BCUT2D eigenvalue weighted by atomic mass is 9.94. The molecule has 0 amide bonds. The molecular formula is C14H21N. The molecule has 0 aliphatic rings. The fourth-order valence-corrected chi connectivity index (χ4v) is 1.73. The highest BCUT2D eigenvalue weighted by molar-refractivity contribution is 5.35. The number of allylic oxidation sites excluding steroid dienone is 1. The maximum Gasteiger partial charge on any atom is 0.0300 e. The van der Waals surface area contributed by atoms with Crippen LogP contribution < -0.4 is 5.73 Å². The summed E-state index contributed by atoms with van der Waals surface area (Å²) in [6.45, 7) is 10.2. The van der Waals surface area contributed by atoms with E-state index in [1.807, 2.05) is 0 Å². The highest BCUT2D eigenvalue weighted by atomic mass is 14.6. The molecule has 1 aromatic rings. The van der Waals surface area contributed by atoms with Crippen molar-refractivity contribution < 1.29 is 0 Å². The van der Waals surface area contributed by atoms with Crippen LogP contribution in [0.15, 0.2) is 30.4 Å². The molecule has 0 bridgehead atoms. The number of benzene rings is 1. The Bertz CT molecular complexity index is 352. The van der Waals surface area contributed by atoms with Gasteiger partial charge in [0.25, 0.3) is 0 Å². The van der Waals surface area contributed by atoms with Crippen molar-refractivity contribution in [3.63, 3.8) is 0 Å². The monoisotopic (exact) mass is 203 g/mol. The Morgan fingerprint density at radius 3 is 2.67 bits per heavy atom. The molecule has 0 radical (unpaired) electrons. The molecule has 1 nitrogen and oxygen atoms in total. The Balaban J connectivity index is 2.77. The van der Waals surface area contributed by atoms with E-state index in [-0.39, 0.29) is 6.04 Å². The zero-order valence-corrected chi connectivity index (χ0v) is 10.0. The lowest BCUT2D eigenvalue weighted by Gasteiger charge is -2.16. The lowest BCUT2D eigenvalue weighted by Crippen LogP contribution is -2.12. The number of rotatable bonds is 4. The van der Waals surface area contributed by atoms with E-state index in [1.54, 1.807) is 0 Å². The van der Waals surface area contributed by atoms with Crippen LogP contribution in [-0.2, 0) is 0 Å². The summed E-state index contributed by atoms with van der Waals surface area (Å²) in [6, 6.07) is 6.48. The minimum Gasteiger partial charge on any atom is -0.324 e. The molecule has 0 saturated heterocycles. The molecule has 1 aromatic carbocycles. The van der Waals surface area contributed by atoms with E-state index in [0.29, 0.717) is 0 Å². The van der Waals surface area contributed by atoms with Crippen LogP contribution in [0.5, 0.6) is 0 Å².